The Bertz CT molecular complexity index is 2810. The highest BCUT2D eigenvalue weighted by Gasteiger charge is 2.43. The monoisotopic (exact) mass is 866 g/mol. The van der Waals surface area contributed by atoms with Crippen LogP contribution in [0.15, 0.2) is 69.7 Å². The van der Waals surface area contributed by atoms with Crippen LogP contribution in [-0.2, 0) is 6.42 Å². The van der Waals surface area contributed by atoms with Crippen molar-refractivity contribution < 1.29 is 39.1 Å². The summed E-state index contributed by atoms with van der Waals surface area (Å²) in [5.74, 6) is -0.736. The zero-order chi connectivity index (χ0) is 45.1. The van der Waals surface area contributed by atoms with E-state index in [2.05, 4.69) is 56.4 Å². The molecule has 2 aromatic heterocycles. The van der Waals surface area contributed by atoms with Gasteiger partial charge in [0.25, 0.3) is 11.8 Å². The summed E-state index contributed by atoms with van der Waals surface area (Å²) >= 11 is 0. The molecule has 1 fully saturated rings. The molecule has 6 aromatic rings. The van der Waals surface area contributed by atoms with Crippen molar-refractivity contribution in [3.63, 3.8) is 0 Å². The van der Waals surface area contributed by atoms with Crippen LogP contribution in [-0.4, -0.2) is 69.2 Å². The molecule has 0 radical (unpaired) electrons. The van der Waals surface area contributed by atoms with Gasteiger partial charge in [0.2, 0.25) is 0 Å². The van der Waals surface area contributed by atoms with Crippen molar-refractivity contribution in [2.45, 2.75) is 84.2 Å². The molecule has 0 saturated carbocycles. The summed E-state index contributed by atoms with van der Waals surface area (Å²) in [6, 6.07) is 18.2. The van der Waals surface area contributed by atoms with Crippen LogP contribution in [0, 0.1) is 5.92 Å². The molecule has 2 amide bonds. The van der Waals surface area contributed by atoms with E-state index < -0.39 is 11.8 Å². The molecule has 0 aliphatic carbocycles. The lowest BCUT2D eigenvalue weighted by molar-refractivity contribution is 0.0936. The number of aromatic nitrogens is 2. The highest BCUT2D eigenvalue weighted by Crippen LogP contribution is 2.52. The van der Waals surface area contributed by atoms with E-state index in [4.69, 9.17) is 9.05 Å². The molecular formula is C50H54N6O8. The Morgan fingerprint density at radius 1 is 0.766 bits per heavy atom. The maximum absolute atomic E-state index is 14.2. The lowest BCUT2D eigenvalue weighted by atomic mass is 9.80. The topological polar surface area (TPSA) is 206 Å². The highest BCUT2D eigenvalue weighted by molar-refractivity contribution is 6.04. The van der Waals surface area contributed by atoms with Crippen LogP contribution < -0.4 is 20.9 Å². The van der Waals surface area contributed by atoms with Crippen LogP contribution >= 0.6 is 0 Å². The van der Waals surface area contributed by atoms with Crippen molar-refractivity contribution >= 4 is 17.5 Å². The van der Waals surface area contributed by atoms with E-state index in [-0.39, 0.29) is 75.7 Å². The third-order valence-corrected chi connectivity index (χ3v) is 13.2. The zero-order valence-electron chi connectivity index (χ0n) is 36.9. The fourth-order valence-corrected chi connectivity index (χ4v) is 9.93. The first kappa shape index (κ1) is 42.5. The lowest BCUT2D eigenvalue weighted by Crippen LogP contribution is -2.28. The molecule has 14 nitrogen and oxygen atoms in total. The third kappa shape index (κ3) is 7.38. The average Bonchev–Trinajstić information content (AvgIpc) is 4.07. The Hall–Kier alpha value is -6.80. The molecule has 9 rings (SSSR count). The molecular weight excluding hydrogens is 813 g/mol. The first-order valence-corrected chi connectivity index (χ1v) is 22.2. The lowest BCUT2D eigenvalue weighted by Gasteiger charge is -2.27. The van der Waals surface area contributed by atoms with Gasteiger partial charge in [0.05, 0.1) is 22.3 Å². The summed E-state index contributed by atoms with van der Waals surface area (Å²) in [5, 5.41) is 61.6. The molecule has 3 unspecified atom stereocenters. The minimum Gasteiger partial charge on any atom is -0.508 e. The standard InChI is InChI=1S/C50H54N6O8/c1-7-51-49(61)45-43(48(64-54-45)35-21-32(25(4)5)39(58)23-41(35)60)28-10-12-30-33(18-28)44-29(19-36(30)53-44)14-15-52-50(62)46-42(27-11-13-37-26(17-27)9-8-16-56(37)6)47(63-55-46)34-20-31(24(2)3)38(57)22-40(34)59/h10-13,17-18,20-25,29,36,44,53,57-60H,7-9,14-16,19H2,1-6H3,(H,51,61)(H,52,62). The van der Waals surface area contributed by atoms with Gasteiger partial charge in [-0.3, -0.25) is 9.59 Å². The molecule has 2 bridgehead atoms. The van der Waals surface area contributed by atoms with Crippen molar-refractivity contribution in [2.24, 2.45) is 5.92 Å². The molecule has 3 atom stereocenters. The number of hydrogen-bond acceptors (Lipinski definition) is 12. The molecule has 5 heterocycles. The van der Waals surface area contributed by atoms with Crippen molar-refractivity contribution in [1.82, 2.24) is 26.3 Å². The second-order valence-corrected chi connectivity index (χ2v) is 17.9. The summed E-state index contributed by atoms with van der Waals surface area (Å²) < 4.78 is 11.8. The minimum absolute atomic E-state index is 0.0250. The Morgan fingerprint density at radius 2 is 1.34 bits per heavy atom. The Balaban J connectivity index is 0.994. The van der Waals surface area contributed by atoms with E-state index in [9.17, 15) is 30.0 Å². The quantitative estimate of drug-likeness (QED) is 0.0615. The van der Waals surface area contributed by atoms with Gasteiger partial charge in [0.1, 0.15) is 23.0 Å². The summed E-state index contributed by atoms with van der Waals surface area (Å²) in [7, 11) is 2.07. The maximum atomic E-state index is 14.2. The maximum Gasteiger partial charge on any atom is 0.274 e. The van der Waals surface area contributed by atoms with Gasteiger partial charge in [-0.2, -0.15) is 0 Å². The first-order chi connectivity index (χ1) is 30.7. The van der Waals surface area contributed by atoms with Crippen molar-refractivity contribution in [1.29, 1.82) is 0 Å². The van der Waals surface area contributed by atoms with E-state index in [1.165, 1.54) is 12.1 Å². The average molecular weight is 867 g/mol. The van der Waals surface area contributed by atoms with Crippen molar-refractivity contribution in [3.05, 3.63) is 99.9 Å². The van der Waals surface area contributed by atoms with Crippen LogP contribution in [0.5, 0.6) is 23.0 Å². The summed E-state index contributed by atoms with van der Waals surface area (Å²) in [6.45, 7) is 11.3. The smallest absolute Gasteiger partial charge is 0.274 e. The molecule has 64 heavy (non-hydrogen) atoms. The summed E-state index contributed by atoms with van der Waals surface area (Å²) in [6.07, 6.45) is 3.42. The molecule has 1 saturated heterocycles. The molecule has 7 N–H and O–H groups in total. The Morgan fingerprint density at radius 3 is 1.94 bits per heavy atom. The minimum atomic E-state index is -0.412. The largest absolute Gasteiger partial charge is 0.508 e. The number of phenolic OH excluding ortho intramolecular Hbond substituents is 4. The number of aryl methyl sites for hydroxylation is 1. The highest BCUT2D eigenvalue weighted by atomic mass is 16.5. The van der Waals surface area contributed by atoms with Crippen molar-refractivity contribution in [3.8, 4) is 67.9 Å². The number of phenols is 4. The fourth-order valence-electron chi connectivity index (χ4n) is 9.93. The van der Waals surface area contributed by atoms with Crippen LogP contribution in [0.3, 0.4) is 0 Å². The number of benzene rings is 4. The van der Waals surface area contributed by atoms with Crippen LogP contribution in [0.2, 0.25) is 0 Å². The zero-order valence-corrected chi connectivity index (χ0v) is 36.9. The number of nitrogens with zero attached hydrogens (tertiary/aromatic N) is 3. The number of anilines is 1. The first-order valence-electron chi connectivity index (χ1n) is 22.2. The van der Waals surface area contributed by atoms with E-state index in [0.29, 0.717) is 58.5 Å². The number of aromatic hydroxyl groups is 4. The summed E-state index contributed by atoms with van der Waals surface area (Å²) in [4.78, 5) is 29.8. The molecule has 3 aliphatic heterocycles. The fraction of sp³-hybridized carbons (Fsp3) is 0.360. The van der Waals surface area contributed by atoms with E-state index in [1.807, 2.05) is 52.8 Å². The van der Waals surface area contributed by atoms with Gasteiger partial charge in [-0.05, 0) is 120 Å². The number of fused-ring (bicyclic) bond motifs is 6. The van der Waals surface area contributed by atoms with Gasteiger partial charge in [-0.1, -0.05) is 56.2 Å². The number of rotatable bonds is 12. The Kier molecular flexibility index (Phi) is 11.1. The number of amides is 2. The van der Waals surface area contributed by atoms with Gasteiger partial charge >= 0.3 is 0 Å². The molecule has 3 aliphatic rings. The van der Waals surface area contributed by atoms with E-state index in [0.717, 1.165) is 53.7 Å². The second kappa shape index (κ2) is 16.7. The number of hydrogen-bond donors (Lipinski definition) is 7. The van der Waals surface area contributed by atoms with Gasteiger partial charge in [0.15, 0.2) is 22.9 Å². The Labute approximate surface area is 371 Å². The van der Waals surface area contributed by atoms with E-state index in [1.54, 1.807) is 12.1 Å². The van der Waals surface area contributed by atoms with Gasteiger partial charge in [-0.15, -0.1) is 0 Å². The van der Waals surface area contributed by atoms with Crippen LogP contribution in [0.1, 0.15) is 127 Å². The van der Waals surface area contributed by atoms with E-state index >= 15 is 0 Å². The van der Waals surface area contributed by atoms with Crippen molar-refractivity contribution in [2.75, 3.05) is 31.6 Å². The molecule has 4 aromatic carbocycles. The normalized spacial score (nSPS) is 17.6. The van der Waals surface area contributed by atoms with Crippen LogP contribution in [0.4, 0.5) is 5.69 Å². The number of carbonyl (C=O) groups excluding carboxylic acids is 2. The van der Waals surface area contributed by atoms with Crippen LogP contribution in [0.25, 0.3) is 44.9 Å². The predicted octanol–water partition coefficient (Wildman–Crippen LogP) is 9.06. The second-order valence-electron chi connectivity index (χ2n) is 17.9. The van der Waals surface area contributed by atoms with Gasteiger partial charge in [-0.25, -0.2) is 0 Å². The summed E-state index contributed by atoms with van der Waals surface area (Å²) in [5.41, 5.74) is 8.93. The number of nitrogens with one attached hydrogen (secondary N) is 3. The SMILES string of the molecule is CCNC(=O)c1noc(-c2cc(C(C)C)c(O)cc2O)c1-c1ccc2c(c1)C1NC2CC1CCNC(=O)c1noc(-c2cc(C(C)C)c(O)cc2O)c1-c1ccc2c(c1)CCCN2C. The number of carbonyl (C=O) groups is 2. The third-order valence-electron chi connectivity index (χ3n) is 13.2. The predicted molar refractivity (Wildman–Crippen MR) is 243 cm³/mol. The molecule has 14 heteroatoms. The molecule has 332 valence electrons. The van der Waals surface area contributed by atoms with Gasteiger partial charge < -0.3 is 50.3 Å². The van der Waals surface area contributed by atoms with Gasteiger partial charge in [0, 0.05) is 56.6 Å². The molecule has 0 spiro atoms.